The second-order valence-corrected chi connectivity index (χ2v) is 5.42. The molecule has 1 aromatic carbocycles. The van der Waals surface area contributed by atoms with Gasteiger partial charge in [-0.05, 0) is 18.7 Å². The highest BCUT2D eigenvalue weighted by molar-refractivity contribution is 5.97. The molecule has 7 heteroatoms. The van der Waals surface area contributed by atoms with Gasteiger partial charge in [0.15, 0.2) is 0 Å². The third kappa shape index (κ3) is 4.12. The quantitative estimate of drug-likeness (QED) is 0.831. The van der Waals surface area contributed by atoms with E-state index in [2.05, 4.69) is 23.3 Å². The third-order valence-corrected chi connectivity index (χ3v) is 3.90. The standard InChI is InChI=1S/C15H21N3O2.2ClH/c1-17-7-8-18(13-5-3-2-4-12(13)11-17)15(19)14-10-16-6-9-20-14;;/h2-5,14,16H,6-11H2,1H3;2*1H/t14-;;/m1../s1. The molecule has 3 rings (SSSR count). The smallest absolute Gasteiger partial charge is 0.257 e. The van der Waals surface area contributed by atoms with E-state index in [1.165, 1.54) is 5.56 Å². The van der Waals surface area contributed by atoms with Crippen molar-refractivity contribution in [2.75, 3.05) is 44.7 Å². The molecule has 2 aliphatic rings. The molecule has 5 nitrogen and oxygen atoms in total. The Kier molecular flexibility index (Phi) is 7.59. The minimum Gasteiger partial charge on any atom is -0.366 e. The molecule has 1 aromatic rings. The minimum absolute atomic E-state index is 0. The van der Waals surface area contributed by atoms with Crippen LogP contribution in [0.5, 0.6) is 0 Å². The maximum absolute atomic E-state index is 12.7. The zero-order valence-electron chi connectivity index (χ0n) is 12.7. The molecular formula is C15H23Cl2N3O2. The van der Waals surface area contributed by atoms with Crippen molar-refractivity contribution in [2.24, 2.45) is 0 Å². The van der Waals surface area contributed by atoms with Gasteiger partial charge in [-0.2, -0.15) is 0 Å². The summed E-state index contributed by atoms with van der Waals surface area (Å²) in [5, 5.41) is 3.22. The molecule has 0 aliphatic carbocycles. The summed E-state index contributed by atoms with van der Waals surface area (Å²) in [7, 11) is 2.09. The van der Waals surface area contributed by atoms with Crippen molar-refractivity contribution in [3.8, 4) is 0 Å². The van der Waals surface area contributed by atoms with Crippen LogP contribution < -0.4 is 10.2 Å². The summed E-state index contributed by atoms with van der Waals surface area (Å²) >= 11 is 0. The Morgan fingerprint density at radius 3 is 2.77 bits per heavy atom. The number of nitrogens with zero attached hydrogens (tertiary/aromatic N) is 2. The molecule has 22 heavy (non-hydrogen) atoms. The molecule has 1 saturated heterocycles. The van der Waals surface area contributed by atoms with Crippen molar-refractivity contribution < 1.29 is 9.53 Å². The number of anilines is 1. The number of hydrogen-bond acceptors (Lipinski definition) is 4. The van der Waals surface area contributed by atoms with E-state index >= 15 is 0 Å². The predicted molar refractivity (Wildman–Crippen MR) is 92.2 cm³/mol. The largest absolute Gasteiger partial charge is 0.366 e. The summed E-state index contributed by atoms with van der Waals surface area (Å²) in [4.78, 5) is 16.8. The van der Waals surface area contributed by atoms with Crippen molar-refractivity contribution in [1.29, 1.82) is 0 Å². The summed E-state index contributed by atoms with van der Waals surface area (Å²) in [5.74, 6) is 0.0694. The lowest BCUT2D eigenvalue weighted by Crippen LogP contribution is -2.50. The molecule has 0 bridgehead atoms. The highest BCUT2D eigenvalue weighted by Gasteiger charge is 2.30. The summed E-state index contributed by atoms with van der Waals surface area (Å²) in [5.41, 5.74) is 2.22. The fourth-order valence-corrected chi connectivity index (χ4v) is 2.80. The van der Waals surface area contributed by atoms with E-state index in [1.54, 1.807) is 0 Å². The van der Waals surface area contributed by atoms with Crippen LogP contribution in [-0.4, -0.2) is 56.7 Å². The van der Waals surface area contributed by atoms with E-state index in [9.17, 15) is 4.79 Å². The number of ether oxygens (including phenoxy) is 1. The van der Waals surface area contributed by atoms with Gasteiger partial charge >= 0.3 is 0 Å². The minimum atomic E-state index is -0.361. The molecule has 0 aromatic heterocycles. The van der Waals surface area contributed by atoms with Gasteiger partial charge in [0.25, 0.3) is 5.91 Å². The molecular weight excluding hydrogens is 325 g/mol. The van der Waals surface area contributed by atoms with Crippen molar-refractivity contribution >= 4 is 36.4 Å². The molecule has 0 saturated carbocycles. The number of para-hydroxylation sites is 1. The number of fused-ring (bicyclic) bond motifs is 1. The lowest BCUT2D eigenvalue weighted by atomic mass is 10.1. The van der Waals surface area contributed by atoms with E-state index in [0.29, 0.717) is 19.7 Å². The fraction of sp³-hybridized carbons (Fsp3) is 0.533. The highest BCUT2D eigenvalue weighted by atomic mass is 35.5. The van der Waals surface area contributed by atoms with Crippen LogP contribution in [0.3, 0.4) is 0 Å². The number of hydrogen-bond donors (Lipinski definition) is 1. The second-order valence-electron chi connectivity index (χ2n) is 5.42. The van der Waals surface area contributed by atoms with E-state index in [-0.39, 0.29) is 36.8 Å². The lowest BCUT2D eigenvalue weighted by Gasteiger charge is -2.29. The van der Waals surface area contributed by atoms with Gasteiger partial charge in [0.05, 0.1) is 6.61 Å². The fourth-order valence-electron chi connectivity index (χ4n) is 2.80. The van der Waals surface area contributed by atoms with Crippen LogP contribution in [-0.2, 0) is 16.1 Å². The number of amides is 1. The maximum Gasteiger partial charge on any atom is 0.257 e. The Bertz CT molecular complexity index is 495. The van der Waals surface area contributed by atoms with Crippen LogP contribution in [0.2, 0.25) is 0 Å². The molecule has 1 N–H and O–H groups in total. The Morgan fingerprint density at radius 2 is 2.05 bits per heavy atom. The van der Waals surface area contributed by atoms with Gasteiger partial charge in [-0.15, -0.1) is 24.8 Å². The summed E-state index contributed by atoms with van der Waals surface area (Å²) < 4.78 is 5.61. The summed E-state index contributed by atoms with van der Waals surface area (Å²) in [6.45, 7) is 4.50. The second kappa shape index (κ2) is 8.70. The number of halogens is 2. The monoisotopic (exact) mass is 347 g/mol. The van der Waals surface area contributed by atoms with Crippen LogP contribution in [0.4, 0.5) is 5.69 Å². The number of rotatable bonds is 1. The van der Waals surface area contributed by atoms with Gasteiger partial charge < -0.3 is 19.9 Å². The van der Waals surface area contributed by atoms with Crippen LogP contribution in [0, 0.1) is 0 Å². The first-order valence-corrected chi connectivity index (χ1v) is 7.16. The Morgan fingerprint density at radius 1 is 1.27 bits per heavy atom. The van der Waals surface area contributed by atoms with Crippen LogP contribution >= 0.6 is 24.8 Å². The molecule has 2 heterocycles. The molecule has 0 spiro atoms. The number of morpholine rings is 1. The summed E-state index contributed by atoms with van der Waals surface area (Å²) in [6.07, 6.45) is -0.361. The van der Waals surface area contributed by atoms with Gasteiger partial charge in [0.1, 0.15) is 6.10 Å². The van der Waals surface area contributed by atoms with E-state index in [4.69, 9.17) is 4.74 Å². The number of nitrogens with one attached hydrogen (secondary N) is 1. The molecule has 1 amide bonds. The van der Waals surface area contributed by atoms with Gasteiger partial charge in [-0.3, -0.25) is 4.79 Å². The zero-order chi connectivity index (χ0) is 13.9. The predicted octanol–water partition coefficient (Wildman–Crippen LogP) is 1.30. The number of carbonyl (C=O) groups excluding carboxylic acids is 1. The molecule has 1 fully saturated rings. The van der Waals surface area contributed by atoms with E-state index < -0.39 is 0 Å². The SMILES string of the molecule is CN1CCN(C(=O)[C@H]2CNCCO2)c2ccccc2C1.Cl.Cl. The average Bonchev–Trinajstić information content (AvgIpc) is 2.66. The van der Waals surface area contributed by atoms with Gasteiger partial charge in [-0.25, -0.2) is 0 Å². The van der Waals surface area contributed by atoms with E-state index in [1.807, 2.05) is 23.1 Å². The third-order valence-electron chi connectivity index (χ3n) is 3.90. The van der Waals surface area contributed by atoms with Crippen LogP contribution in [0.25, 0.3) is 0 Å². The average molecular weight is 348 g/mol. The van der Waals surface area contributed by atoms with Crippen molar-refractivity contribution in [3.05, 3.63) is 29.8 Å². The number of likely N-dealkylation sites (N-methyl/N-ethyl adjacent to an activating group) is 1. The van der Waals surface area contributed by atoms with Gasteiger partial charge in [0.2, 0.25) is 0 Å². The maximum atomic E-state index is 12.7. The van der Waals surface area contributed by atoms with Crippen LogP contribution in [0.15, 0.2) is 24.3 Å². The van der Waals surface area contributed by atoms with Crippen molar-refractivity contribution in [1.82, 2.24) is 10.2 Å². The Balaban J connectivity index is 0.00000121. The number of benzene rings is 1. The van der Waals surface area contributed by atoms with Crippen LogP contribution in [0.1, 0.15) is 5.56 Å². The molecule has 2 aliphatic heterocycles. The zero-order valence-corrected chi connectivity index (χ0v) is 14.3. The van der Waals surface area contributed by atoms with E-state index in [0.717, 1.165) is 25.3 Å². The highest BCUT2D eigenvalue weighted by Crippen LogP contribution is 2.25. The molecule has 1 atom stereocenters. The molecule has 0 radical (unpaired) electrons. The topological polar surface area (TPSA) is 44.8 Å². The molecule has 124 valence electrons. The first-order valence-electron chi connectivity index (χ1n) is 7.16. The Hall–Kier alpha value is -0.850. The first kappa shape index (κ1) is 19.2. The van der Waals surface area contributed by atoms with Gasteiger partial charge in [0, 0.05) is 38.4 Å². The van der Waals surface area contributed by atoms with Gasteiger partial charge in [-0.1, -0.05) is 18.2 Å². The normalized spacial score (nSPS) is 21.9. The van der Waals surface area contributed by atoms with Crippen molar-refractivity contribution in [3.63, 3.8) is 0 Å². The number of carbonyl (C=O) groups is 1. The first-order chi connectivity index (χ1) is 9.75. The summed E-state index contributed by atoms with van der Waals surface area (Å²) in [6, 6.07) is 8.14. The molecule has 0 unspecified atom stereocenters. The van der Waals surface area contributed by atoms with Crippen molar-refractivity contribution in [2.45, 2.75) is 12.6 Å². The Labute approximate surface area is 143 Å². The lowest BCUT2D eigenvalue weighted by molar-refractivity contribution is -0.131.